The Hall–Kier alpha value is -0.400. The van der Waals surface area contributed by atoms with Crippen LogP contribution in [0.2, 0.25) is 0 Å². The largest absolute Gasteiger partial charge is 0.392 e. The van der Waals surface area contributed by atoms with Gasteiger partial charge in [0.05, 0.1) is 31.5 Å². The van der Waals surface area contributed by atoms with Crippen LogP contribution in [0.3, 0.4) is 0 Å². The molecule has 0 amide bonds. The van der Waals surface area contributed by atoms with Gasteiger partial charge in [0.2, 0.25) is 0 Å². The van der Waals surface area contributed by atoms with Crippen molar-refractivity contribution < 1.29 is 49.6 Å². The Morgan fingerprint density at radius 1 is 0.786 bits per heavy atom. The van der Waals surface area contributed by atoms with E-state index in [0.29, 0.717) is 30.1 Å². The van der Waals surface area contributed by atoms with Crippen molar-refractivity contribution in [2.24, 2.45) is 46.3 Å². The van der Waals surface area contributed by atoms with Crippen LogP contribution >= 0.6 is 0 Å². The molecule has 7 fully saturated rings. The molecule has 0 bridgehead atoms. The summed E-state index contributed by atoms with van der Waals surface area (Å²) in [6, 6.07) is 0. The lowest BCUT2D eigenvalue weighted by Gasteiger charge is -2.68. The molecule has 0 aromatic carbocycles. The first-order valence-electron chi connectivity index (χ1n) is 16.5. The molecule has 4 saturated carbocycles. The number of hydrogen-bond acceptors (Lipinski definition) is 10. The fraction of sp³-hybridized carbons (Fsp3) is 1.00. The van der Waals surface area contributed by atoms with Crippen molar-refractivity contribution in [3.8, 4) is 0 Å². The van der Waals surface area contributed by atoms with Gasteiger partial charge in [-0.25, -0.2) is 0 Å². The average molecular weight is 597 g/mol. The van der Waals surface area contributed by atoms with Crippen molar-refractivity contribution in [2.45, 2.75) is 139 Å². The molecule has 10 unspecified atom stereocenters. The Morgan fingerprint density at radius 3 is 2.26 bits per heavy atom. The van der Waals surface area contributed by atoms with Gasteiger partial charge in [0.25, 0.3) is 0 Å². The van der Waals surface area contributed by atoms with Crippen molar-refractivity contribution in [3.63, 3.8) is 0 Å². The van der Waals surface area contributed by atoms with E-state index in [4.69, 9.17) is 18.9 Å². The molecule has 0 radical (unpaired) electrons. The van der Waals surface area contributed by atoms with Crippen LogP contribution in [0, 0.1) is 46.3 Å². The molecule has 3 saturated heterocycles. The fourth-order valence-electron chi connectivity index (χ4n) is 11.7. The van der Waals surface area contributed by atoms with Gasteiger partial charge in [-0.15, -0.1) is 0 Å². The van der Waals surface area contributed by atoms with Crippen LogP contribution in [0.25, 0.3) is 0 Å². The zero-order valence-electron chi connectivity index (χ0n) is 25.5. The standard InChI is InChI=1S/C32H52O10/c1-15-5-10-32(40-13-15)16(2)24-22(41-32)11-19-17-6-9-31(42-28-26(37)25(36)21(34)14-39-28)27(38)20(33)12-23(35)30(31,4)18(17)7-8-29(19,24)3/h15-28,33-38H,5-14H2,1-4H3/t15?,16?,17?,18?,19?,20-,21+,22?,23+,24?,25-,26+,27-,28-,29?,30?,31-,32?/m0/s1. The van der Waals surface area contributed by atoms with E-state index in [9.17, 15) is 30.6 Å². The van der Waals surface area contributed by atoms with Crippen molar-refractivity contribution in [3.05, 3.63) is 0 Å². The maximum absolute atomic E-state index is 11.8. The lowest BCUT2D eigenvalue weighted by Crippen LogP contribution is -2.75. The van der Waals surface area contributed by atoms with Gasteiger partial charge in [-0.2, -0.15) is 0 Å². The second kappa shape index (κ2) is 10.0. The summed E-state index contributed by atoms with van der Waals surface area (Å²) in [5.41, 5.74) is -2.27. The zero-order chi connectivity index (χ0) is 30.0. The molecule has 0 aromatic rings. The van der Waals surface area contributed by atoms with Crippen LogP contribution in [0.5, 0.6) is 0 Å². The van der Waals surface area contributed by atoms with Crippen molar-refractivity contribution >= 4 is 0 Å². The van der Waals surface area contributed by atoms with Crippen LogP contribution in [0.1, 0.15) is 79.1 Å². The van der Waals surface area contributed by atoms with Gasteiger partial charge < -0.3 is 49.6 Å². The van der Waals surface area contributed by atoms with Gasteiger partial charge in [0.1, 0.15) is 30.0 Å². The Labute approximate surface area is 248 Å². The van der Waals surface area contributed by atoms with Crippen molar-refractivity contribution in [2.75, 3.05) is 13.2 Å². The SMILES string of the molecule is CC1CCC2(OC1)OC1CC3C4CC[C@]5(O[C@@H]6OC[C@@H](O)[C@H](O)[C@H]6O)[C@@H](O)[C@@H](O)C[C@@H](O)C5(C)C4CCC3(C)C1C2C. The lowest BCUT2D eigenvalue weighted by molar-refractivity contribution is -0.379. The molecule has 10 heteroatoms. The number of fused-ring (bicyclic) bond motifs is 7. The number of hydrogen-bond donors (Lipinski definition) is 6. The average Bonchev–Trinajstić information content (AvgIpc) is 3.40. The highest BCUT2D eigenvalue weighted by atomic mass is 16.7. The van der Waals surface area contributed by atoms with E-state index >= 15 is 0 Å². The van der Waals surface area contributed by atoms with Gasteiger partial charge in [0, 0.05) is 24.2 Å². The summed E-state index contributed by atoms with van der Waals surface area (Å²) in [6.07, 6.45) is -2.92. The minimum atomic E-state index is -1.53. The molecule has 18 atom stereocenters. The summed E-state index contributed by atoms with van der Waals surface area (Å²) in [6.45, 7) is 9.50. The molecule has 10 nitrogen and oxygen atoms in total. The Kier molecular flexibility index (Phi) is 7.24. The molecule has 3 aliphatic heterocycles. The van der Waals surface area contributed by atoms with E-state index in [1.165, 1.54) is 0 Å². The molecule has 42 heavy (non-hydrogen) atoms. The van der Waals surface area contributed by atoms with Crippen molar-refractivity contribution in [1.29, 1.82) is 0 Å². The summed E-state index contributed by atoms with van der Waals surface area (Å²) in [4.78, 5) is 0. The summed E-state index contributed by atoms with van der Waals surface area (Å²) in [5, 5.41) is 65.4. The summed E-state index contributed by atoms with van der Waals surface area (Å²) in [7, 11) is 0. The summed E-state index contributed by atoms with van der Waals surface area (Å²) < 4.78 is 25.5. The third-order valence-electron chi connectivity index (χ3n) is 14.0. The van der Waals surface area contributed by atoms with Gasteiger partial charge >= 0.3 is 0 Å². The zero-order valence-corrected chi connectivity index (χ0v) is 25.5. The highest BCUT2D eigenvalue weighted by Gasteiger charge is 2.74. The van der Waals surface area contributed by atoms with Crippen LogP contribution in [-0.4, -0.2) is 104 Å². The first-order chi connectivity index (χ1) is 19.8. The monoisotopic (exact) mass is 596 g/mol. The van der Waals surface area contributed by atoms with E-state index in [2.05, 4.69) is 20.8 Å². The Balaban J connectivity index is 1.19. The van der Waals surface area contributed by atoms with Gasteiger partial charge in [0.15, 0.2) is 12.1 Å². The van der Waals surface area contributed by atoms with E-state index in [0.717, 1.165) is 45.1 Å². The minimum Gasteiger partial charge on any atom is -0.392 e. The van der Waals surface area contributed by atoms with Crippen molar-refractivity contribution in [1.82, 2.24) is 0 Å². The summed E-state index contributed by atoms with van der Waals surface area (Å²) in [5.74, 6) is 1.44. The smallest absolute Gasteiger partial charge is 0.187 e. The molecule has 3 heterocycles. The number of aliphatic hydroxyl groups excluding tert-OH is 6. The summed E-state index contributed by atoms with van der Waals surface area (Å²) >= 11 is 0. The fourth-order valence-corrected chi connectivity index (χ4v) is 11.7. The number of rotatable bonds is 2. The van der Waals surface area contributed by atoms with Crippen LogP contribution in [0.15, 0.2) is 0 Å². The molecule has 240 valence electrons. The highest BCUT2D eigenvalue weighted by molar-refractivity contribution is 5.22. The second-order valence-electron chi connectivity index (χ2n) is 15.7. The number of ether oxygens (including phenoxy) is 4. The molecule has 0 aromatic heterocycles. The van der Waals surface area contributed by atoms with Gasteiger partial charge in [-0.1, -0.05) is 27.7 Å². The van der Waals surface area contributed by atoms with Gasteiger partial charge in [-0.05, 0) is 73.5 Å². The molecule has 7 aliphatic rings. The highest BCUT2D eigenvalue weighted by Crippen LogP contribution is 2.72. The normalized spacial score (nSPS) is 62.7. The van der Waals surface area contributed by atoms with Gasteiger partial charge in [-0.3, -0.25) is 0 Å². The molecule has 6 N–H and O–H groups in total. The van der Waals surface area contributed by atoms with Crippen LogP contribution < -0.4 is 0 Å². The maximum atomic E-state index is 11.8. The van der Waals surface area contributed by atoms with E-state index in [-0.39, 0.29) is 36.4 Å². The minimum absolute atomic E-state index is 0.00703. The molecular weight excluding hydrogens is 544 g/mol. The quantitative estimate of drug-likeness (QED) is 0.257. The van der Waals surface area contributed by atoms with Crippen LogP contribution in [-0.2, 0) is 18.9 Å². The Morgan fingerprint density at radius 2 is 1.55 bits per heavy atom. The van der Waals surface area contributed by atoms with E-state index < -0.39 is 59.7 Å². The maximum Gasteiger partial charge on any atom is 0.187 e. The third-order valence-corrected chi connectivity index (χ3v) is 14.0. The van der Waals surface area contributed by atoms with E-state index in [1.807, 2.05) is 6.92 Å². The molecular formula is C32H52O10. The first kappa shape index (κ1) is 30.3. The third kappa shape index (κ3) is 3.86. The predicted octanol–water partition coefficient (Wildman–Crippen LogP) is 1.31. The lowest BCUT2D eigenvalue weighted by atomic mass is 9.41. The topological polar surface area (TPSA) is 158 Å². The molecule has 7 rings (SSSR count). The first-order valence-corrected chi connectivity index (χ1v) is 16.5. The number of aliphatic hydroxyl groups is 6. The second-order valence-corrected chi connectivity index (χ2v) is 15.7. The van der Waals surface area contributed by atoms with E-state index in [1.54, 1.807) is 0 Å². The Bertz CT molecular complexity index is 1030. The molecule has 1 spiro atoms. The molecule has 4 aliphatic carbocycles. The van der Waals surface area contributed by atoms with Crippen LogP contribution in [0.4, 0.5) is 0 Å². The predicted molar refractivity (Wildman–Crippen MR) is 149 cm³/mol.